The third-order valence-electron chi connectivity index (χ3n) is 7.57. The number of fused-ring (bicyclic) bond motifs is 3. The Kier molecular flexibility index (Phi) is 7.21. The van der Waals surface area contributed by atoms with Gasteiger partial charge in [-0.3, -0.25) is 9.89 Å². The molecule has 0 radical (unpaired) electrons. The number of carboxylic acids is 1. The van der Waals surface area contributed by atoms with Crippen molar-refractivity contribution in [3.05, 3.63) is 94.7 Å². The van der Waals surface area contributed by atoms with Gasteiger partial charge < -0.3 is 14.9 Å². The summed E-state index contributed by atoms with van der Waals surface area (Å²) >= 11 is 0. The molecule has 0 bridgehead atoms. The lowest BCUT2D eigenvalue weighted by Crippen LogP contribution is -2.29. The molecule has 41 heavy (non-hydrogen) atoms. The minimum absolute atomic E-state index is 0.207. The molecule has 4 aromatic rings. The number of likely N-dealkylation sites (N-methyl/N-ethyl adjacent to an activating group) is 1. The maximum absolute atomic E-state index is 13.2. The monoisotopic (exact) mass is 562 g/mol. The van der Waals surface area contributed by atoms with Crippen molar-refractivity contribution < 1.29 is 27.9 Å². The molecule has 0 saturated heterocycles. The molecule has 1 aliphatic carbocycles. The van der Waals surface area contributed by atoms with Gasteiger partial charge in [0.15, 0.2) is 0 Å². The Morgan fingerprint density at radius 2 is 1.80 bits per heavy atom. The normalized spacial score (nSPS) is 19.6. The molecule has 3 aromatic carbocycles. The number of rotatable bonds is 5. The lowest BCUT2D eigenvalue weighted by molar-refractivity contribution is -0.192. The highest BCUT2D eigenvalue weighted by Crippen LogP contribution is 2.66. The Labute approximate surface area is 234 Å². The molecule has 2 heterocycles. The zero-order chi connectivity index (χ0) is 29.5. The van der Waals surface area contributed by atoms with E-state index in [1.54, 1.807) is 0 Å². The first-order valence-electron chi connectivity index (χ1n) is 13.0. The Bertz CT molecular complexity index is 1640. The number of H-pyrrole nitrogens is 1. The van der Waals surface area contributed by atoms with Crippen LogP contribution in [0.15, 0.2) is 66.7 Å². The van der Waals surface area contributed by atoms with E-state index in [1.807, 2.05) is 30.1 Å². The zero-order valence-electron chi connectivity index (χ0n) is 22.7. The Balaban J connectivity index is 0.000000431. The first kappa shape index (κ1) is 28.1. The van der Waals surface area contributed by atoms with Crippen LogP contribution in [0.25, 0.3) is 23.1 Å². The number of anilines is 1. The largest absolute Gasteiger partial charge is 0.490 e. The van der Waals surface area contributed by atoms with Crippen LogP contribution in [0, 0.1) is 0 Å². The molecule has 1 aromatic heterocycles. The highest BCUT2D eigenvalue weighted by atomic mass is 19.4. The number of para-hydroxylation sites is 1. The predicted octanol–water partition coefficient (Wildman–Crippen LogP) is 5.83. The van der Waals surface area contributed by atoms with Crippen molar-refractivity contribution in [3.8, 4) is 0 Å². The van der Waals surface area contributed by atoms with Crippen molar-refractivity contribution >= 4 is 40.6 Å². The van der Waals surface area contributed by atoms with Crippen LogP contribution in [0.5, 0.6) is 0 Å². The maximum Gasteiger partial charge on any atom is 0.490 e. The Morgan fingerprint density at radius 3 is 2.46 bits per heavy atom. The number of aliphatic carboxylic acids is 1. The van der Waals surface area contributed by atoms with E-state index in [0.29, 0.717) is 0 Å². The van der Waals surface area contributed by atoms with Gasteiger partial charge in [-0.15, -0.1) is 0 Å². The summed E-state index contributed by atoms with van der Waals surface area (Å²) in [5.41, 5.74) is 7.38. The molecule has 2 aliphatic rings. The number of benzene rings is 3. The third kappa shape index (κ3) is 5.35. The van der Waals surface area contributed by atoms with Crippen LogP contribution in [0.1, 0.15) is 40.3 Å². The van der Waals surface area contributed by atoms with Crippen LogP contribution in [0.2, 0.25) is 0 Å². The molecule has 2 atom stereocenters. The molecule has 212 valence electrons. The van der Waals surface area contributed by atoms with E-state index in [-0.39, 0.29) is 11.8 Å². The van der Waals surface area contributed by atoms with Crippen molar-refractivity contribution in [1.82, 2.24) is 15.1 Å². The van der Waals surface area contributed by atoms with Gasteiger partial charge in [0.2, 0.25) is 5.91 Å². The molecule has 7 nitrogen and oxygen atoms in total. The molecule has 1 aliphatic heterocycles. The number of hydrogen-bond acceptors (Lipinski definition) is 4. The summed E-state index contributed by atoms with van der Waals surface area (Å²) in [6.07, 6.45) is -0.0595. The van der Waals surface area contributed by atoms with Crippen LogP contribution >= 0.6 is 0 Å². The molecule has 10 heteroatoms. The number of aromatic amines is 1. The van der Waals surface area contributed by atoms with Gasteiger partial charge in [0, 0.05) is 30.6 Å². The van der Waals surface area contributed by atoms with E-state index >= 15 is 0 Å². The van der Waals surface area contributed by atoms with Crippen LogP contribution in [-0.2, 0) is 21.5 Å². The van der Waals surface area contributed by atoms with Gasteiger partial charge in [0.25, 0.3) is 0 Å². The van der Waals surface area contributed by atoms with E-state index in [1.165, 1.54) is 11.1 Å². The van der Waals surface area contributed by atoms with Gasteiger partial charge in [-0.2, -0.15) is 18.3 Å². The molecular formula is C31H29F3N4O3. The smallest absolute Gasteiger partial charge is 0.475 e. The SMILES string of the molecule is CN(C)Cc1ccc(C=Cc2n[nH]c3cc([C@@H]4C[C@@]45C(=O)N(C)c4ccccc45)ccc23)cc1.O=C(O)C(F)(F)F. The fourth-order valence-corrected chi connectivity index (χ4v) is 5.54. The molecule has 1 spiro atoms. The number of carbonyl (C=O) groups excluding carboxylic acids is 1. The first-order valence-corrected chi connectivity index (χ1v) is 13.0. The van der Waals surface area contributed by atoms with Gasteiger partial charge >= 0.3 is 12.1 Å². The summed E-state index contributed by atoms with van der Waals surface area (Å²) in [5, 5.41) is 16.0. The zero-order valence-corrected chi connectivity index (χ0v) is 22.7. The molecule has 1 saturated carbocycles. The average molecular weight is 563 g/mol. The van der Waals surface area contributed by atoms with Gasteiger partial charge in [0.1, 0.15) is 0 Å². The number of alkyl halides is 3. The van der Waals surface area contributed by atoms with E-state index in [2.05, 4.69) is 89.9 Å². The van der Waals surface area contributed by atoms with Gasteiger partial charge in [-0.1, -0.05) is 60.7 Å². The predicted molar refractivity (Wildman–Crippen MR) is 151 cm³/mol. The standard InChI is InChI=1S/C29H28N4O.C2HF3O2/c1-32(2)18-20-10-8-19(9-11-20)12-15-25-22-14-13-21(16-26(22)31-30-25)24-17-29(24)23-6-4-5-7-27(23)33(3)28(29)34;3-2(4,5)1(6)7/h4-16,24H,17-18H2,1-3H3,(H,30,31);(H,6,7)/t24-,29-;/m0./s1. The molecule has 0 unspecified atom stereocenters. The lowest BCUT2D eigenvalue weighted by atomic mass is 9.92. The van der Waals surface area contributed by atoms with Crippen molar-refractivity contribution in [2.75, 3.05) is 26.0 Å². The van der Waals surface area contributed by atoms with Crippen LogP contribution < -0.4 is 4.90 Å². The second kappa shape index (κ2) is 10.5. The number of nitrogens with zero attached hydrogens (tertiary/aromatic N) is 3. The quantitative estimate of drug-likeness (QED) is 0.320. The number of amides is 1. The van der Waals surface area contributed by atoms with E-state index < -0.39 is 17.6 Å². The lowest BCUT2D eigenvalue weighted by Gasteiger charge is -2.11. The number of aromatic nitrogens is 2. The number of hydrogen-bond donors (Lipinski definition) is 2. The summed E-state index contributed by atoms with van der Waals surface area (Å²) in [7, 11) is 6.04. The molecule has 1 amide bonds. The summed E-state index contributed by atoms with van der Waals surface area (Å²) in [4.78, 5) is 26.1. The number of carboxylic acid groups (broad SMARTS) is 1. The van der Waals surface area contributed by atoms with Crippen molar-refractivity contribution in [2.24, 2.45) is 0 Å². The topological polar surface area (TPSA) is 89.5 Å². The highest BCUT2D eigenvalue weighted by molar-refractivity contribution is 6.11. The minimum atomic E-state index is -5.08. The van der Waals surface area contributed by atoms with Crippen LogP contribution in [0.4, 0.5) is 18.9 Å². The van der Waals surface area contributed by atoms with Gasteiger partial charge in [-0.05, 0) is 61.0 Å². The fourth-order valence-electron chi connectivity index (χ4n) is 5.54. The Morgan fingerprint density at radius 1 is 1.12 bits per heavy atom. The van der Waals surface area contributed by atoms with Crippen LogP contribution in [-0.4, -0.2) is 59.4 Å². The second-order valence-electron chi connectivity index (χ2n) is 10.6. The minimum Gasteiger partial charge on any atom is -0.475 e. The Hall–Kier alpha value is -4.44. The number of halogens is 3. The third-order valence-corrected chi connectivity index (χ3v) is 7.57. The molecule has 6 rings (SSSR count). The van der Waals surface area contributed by atoms with Crippen molar-refractivity contribution in [1.29, 1.82) is 0 Å². The summed E-state index contributed by atoms with van der Waals surface area (Å²) < 4.78 is 31.7. The second-order valence-corrected chi connectivity index (χ2v) is 10.6. The first-order chi connectivity index (χ1) is 19.4. The molecule has 1 fully saturated rings. The van der Waals surface area contributed by atoms with E-state index in [9.17, 15) is 18.0 Å². The van der Waals surface area contributed by atoms with Crippen molar-refractivity contribution in [3.63, 3.8) is 0 Å². The van der Waals surface area contributed by atoms with E-state index in [0.717, 1.165) is 46.4 Å². The highest BCUT2D eigenvalue weighted by Gasteiger charge is 2.66. The summed E-state index contributed by atoms with van der Waals surface area (Å²) in [6, 6.07) is 23.3. The van der Waals surface area contributed by atoms with Crippen LogP contribution in [0.3, 0.4) is 0 Å². The van der Waals surface area contributed by atoms with Crippen molar-refractivity contribution in [2.45, 2.75) is 30.5 Å². The fraction of sp³-hybridized carbons (Fsp3) is 0.258. The van der Waals surface area contributed by atoms with Gasteiger partial charge in [0.05, 0.1) is 16.6 Å². The van der Waals surface area contributed by atoms with E-state index in [4.69, 9.17) is 9.90 Å². The van der Waals surface area contributed by atoms with Gasteiger partial charge in [-0.25, -0.2) is 4.79 Å². The number of nitrogens with one attached hydrogen (secondary N) is 1. The molecular weight excluding hydrogens is 533 g/mol. The molecule has 2 N–H and O–H groups in total. The summed E-state index contributed by atoms with van der Waals surface area (Å²) in [5.74, 6) is -2.34. The summed E-state index contributed by atoms with van der Waals surface area (Å²) in [6.45, 7) is 0.937. The average Bonchev–Trinajstić information content (AvgIpc) is 3.51. The maximum atomic E-state index is 13.2. The number of carbonyl (C=O) groups is 2.